The molecule has 6 heteroatoms. The summed E-state index contributed by atoms with van der Waals surface area (Å²) in [5.74, 6) is -0.744. The first-order chi connectivity index (χ1) is 8.56. The number of aromatic nitrogens is 1. The van der Waals surface area contributed by atoms with E-state index in [0.717, 1.165) is 5.56 Å². The lowest BCUT2D eigenvalue weighted by molar-refractivity contribution is -0.139. The number of urea groups is 1. The van der Waals surface area contributed by atoms with Gasteiger partial charge in [0.25, 0.3) is 0 Å². The van der Waals surface area contributed by atoms with Crippen LogP contribution in [0.2, 0.25) is 0 Å². The number of hydrogen-bond donors (Lipinski definition) is 2. The summed E-state index contributed by atoms with van der Waals surface area (Å²) in [6, 6.07) is 1.62. The summed E-state index contributed by atoms with van der Waals surface area (Å²) < 4.78 is 0. The summed E-state index contributed by atoms with van der Waals surface area (Å²) in [5, 5.41) is 11.4. The van der Waals surface area contributed by atoms with Crippen molar-refractivity contribution in [1.82, 2.24) is 9.88 Å². The molecule has 1 aromatic rings. The van der Waals surface area contributed by atoms with Gasteiger partial charge in [-0.3, -0.25) is 9.78 Å². The van der Waals surface area contributed by atoms with Crippen molar-refractivity contribution >= 4 is 17.7 Å². The van der Waals surface area contributed by atoms with Crippen molar-refractivity contribution in [3.63, 3.8) is 0 Å². The van der Waals surface area contributed by atoms with Crippen molar-refractivity contribution in [2.24, 2.45) is 5.92 Å². The van der Waals surface area contributed by atoms with E-state index in [2.05, 4.69) is 10.3 Å². The summed E-state index contributed by atoms with van der Waals surface area (Å²) in [7, 11) is 0. The highest BCUT2D eigenvalue weighted by Gasteiger charge is 2.32. The van der Waals surface area contributed by atoms with Gasteiger partial charge in [0, 0.05) is 25.2 Å². The van der Waals surface area contributed by atoms with E-state index in [1.807, 2.05) is 13.0 Å². The predicted molar refractivity (Wildman–Crippen MR) is 65.3 cm³/mol. The predicted octanol–water partition coefficient (Wildman–Crippen LogP) is 1.33. The Balaban J connectivity index is 1.84. The summed E-state index contributed by atoms with van der Waals surface area (Å²) in [6.45, 7) is 2.88. The summed E-state index contributed by atoms with van der Waals surface area (Å²) >= 11 is 0. The Hall–Kier alpha value is -2.11. The number of carboxylic acid groups (broad SMARTS) is 1. The minimum Gasteiger partial charge on any atom is -0.481 e. The van der Waals surface area contributed by atoms with Gasteiger partial charge in [0.15, 0.2) is 0 Å². The molecule has 1 aliphatic heterocycles. The van der Waals surface area contributed by atoms with Crippen LogP contribution in [0.3, 0.4) is 0 Å². The lowest BCUT2D eigenvalue weighted by Gasteiger charge is -2.38. The first kappa shape index (κ1) is 12.3. The van der Waals surface area contributed by atoms with Crippen molar-refractivity contribution in [3.05, 3.63) is 24.0 Å². The van der Waals surface area contributed by atoms with Crippen LogP contribution in [0, 0.1) is 12.8 Å². The van der Waals surface area contributed by atoms with Crippen molar-refractivity contribution in [2.75, 3.05) is 18.4 Å². The van der Waals surface area contributed by atoms with Gasteiger partial charge in [-0.2, -0.15) is 0 Å². The second-order valence-corrected chi connectivity index (χ2v) is 4.49. The Morgan fingerprint density at radius 3 is 2.89 bits per heavy atom. The fraction of sp³-hybridized carbons (Fsp3) is 0.417. The molecule has 0 radical (unpaired) electrons. The van der Waals surface area contributed by atoms with E-state index in [0.29, 0.717) is 18.8 Å². The third kappa shape index (κ3) is 2.77. The molecule has 0 atom stereocenters. The molecule has 0 saturated carbocycles. The molecule has 2 N–H and O–H groups in total. The van der Waals surface area contributed by atoms with Crippen molar-refractivity contribution < 1.29 is 14.7 Å². The number of rotatable bonds is 3. The Bertz CT molecular complexity index is 469. The van der Waals surface area contributed by atoms with Crippen LogP contribution < -0.4 is 5.32 Å². The number of carboxylic acids is 1. The van der Waals surface area contributed by atoms with Gasteiger partial charge in [-0.25, -0.2) is 4.79 Å². The quantitative estimate of drug-likeness (QED) is 0.846. The van der Waals surface area contributed by atoms with Gasteiger partial charge in [-0.15, -0.1) is 0 Å². The van der Waals surface area contributed by atoms with Gasteiger partial charge in [0.05, 0.1) is 18.3 Å². The normalized spacial score (nSPS) is 15.1. The Morgan fingerprint density at radius 1 is 1.56 bits per heavy atom. The number of pyridine rings is 1. The molecule has 96 valence electrons. The monoisotopic (exact) mass is 249 g/mol. The van der Waals surface area contributed by atoms with Crippen LogP contribution in [-0.4, -0.2) is 40.1 Å². The molecule has 1 aliphatic rings. The molecule has 1 fully saturated rings. The lowest BCUT2D eigenvalue weighted by atomic mass is 9.97. The topological polar surface area (TPSA) is 82.5 Å². The number of hydrogen-bond acceptors (Lipinski definition) is 3. The third-order valence-corrected chi connectivity index (χ3v) is 2.99. The van der Waals surface area contributed by atoms with E-state index >= 15 is 0 Å². The molecule has 0 unspecified atom stereocenters. The zero-order valence-corrected chi connectivity index (χ0v) is 10.1. The smallest absolute Gasteiger partial charge is 0.321 e. The van der Waals surface area contributed by atoms with Gasteiger partial charge in [-0.1, -0.05) is 0 Å². The van der Waals surface area contributed by atoms with Crippen LogP contribution >= 0.6 is 0 Å². The van der Waals surface area contributed by atoms with Gasteiger partial charge >= 0.3 is 12.0 Å². The first-order valence-electron chi connectivity index (χ1n) is 5.74. The van der Waals surface area contributed by atoms with Gasteiger partial charge < -0.3 is 15.3 Å². The third-order valence-electron chi connectivity index (χ3n) is 2.99. The van der Waals surface area contributed by atoms with E-state index in [9.17, 15) is 9.59 Å². The number of aryl methyl sites for hydroxylation is 1. The molecule has 0 aromatic carbocycles. The number of amides is 2. The van der Waals surface area contributed by atoms with Crippen LogP contribution in [0.4, 0.5) is 10.5 Å². The summed E-state index contributed by atoms with van der Waals surface area (Å²) in [5.41, 5.74) is 1.63. The fourth-order valence-electron chi connectivity index (χ4n) is 1.90. The molecule has 18 heavy (non-hydrogen) atoms. The van der Waals surface area contributed by atoms with E-state index in [4.69, 9.17) is 5.11 Å². The molecule has 6 nitrogen and oxygen atoms in total. The zero-order chi connectivity index (χ0) is 13.1. The molecular formula is C12H15N3O3. The van der Waals surface area contributed by atoms with Crippen molar-refractivity contribution in [1.29, 1.82) is 0 Å². The fourth-order valence-corrected chi connectivity index (χ4v) is 1.90. The molecule has 2 rings (SSSR count). The van der Waals surface area contributed by atoms with Gasteiger partial charge in [-0.05, 0) is 18.6 Å². The number of likely N-dealkylation sites (tertiary alicyclic amines) is 1. The van der Waals surface area contributed by atoms with Crippen molar-refractivity contribution in [3.8, 4) is 0 Å². The standard InChI is InChI=1S/C12H15N3O3/c1-8-2-3-13-5-10(8)14-12(18)15-6-9(7-15)4-11(16)17/h2-3,5,9H,4,6-7H2,1H3,(H,14,18)(H,16,17). The Kier molecular flexibility index (Phi) is 3.45. The SMILES string of the molecule is Cc1ccncc1NC(=O)N1CC(CC(=O)O)C1. The number of carbonyl (C=O) groups excluding carboxylic acids is 1. The van der Waals surface area contributed by atoms with E-state index in [1.54, 1.807) is 17.3 Å². The molecular weight excluding hydrogens is 234 g/mol. The summed E-state index contributed by atoms with van der Waals surface area (Å²) in [6.07, 6.45) is 3.38. The molecule has 2 heterocycles. The number of carbonyl (C=O) groups is 2. The highest BCUT2D eigenvalue weighted by Crippen LogP contribution is 2.21. The van der Waals surface area contributed by atoms with Crippen molar-refractivity contribution in [2.45, 2.75) is 13.3 Å². The van der Waals surface area contributed by atoms with Crippen LogP contribution in [0.5, 0.6) is 0 Å². The molecule has 0 spiro atoms. The Labute approximate surface area is 105 Å². The van der Waals surface area contributed by atoms with Crippen LogP contribution in [-0.2, 0) is 4.79 Å². The highest BCUT2D eigenvalue weighted by atomic mass is 16.4. The molecule has 1 aromatic heterocycles. The number of nitrogens with one attached hydrogen (secondary N) is 1. The number of anilines is 1. The second-order valence-electron chi connectivity index (χ2n) is 4.49. The van der Waals surface area contributed by atoms with Gasteiger partial charge in [0.1, 0.15) is 0 Å². The maximum absolute atomic E-state index is 11.8. The zero-order valence-electron chi connectivity index (χ0n) is 10.1. The second kappa shape index (κ2) is 5.03. The van der Waals surface area contributed by atoms with E-state index < -0.39 is 5.97 Å². The number of nitrogens with zero attached hydrogens (tertiary/aromatic N) is 2. The molecule has 2 amide bonds. The molecule has 0 aliphatic carbocycles. The average molecular weight is 249 g/mol. The first-order valence-corrected chi connectivity index (χ1v) is 5.74. The number of aliphatic carboxylic acids is 1. The Morgan fingerprint density at radius 2 is 2.28 bits per heavy atom. The highest BCUT2D eigenvalue weighted by molar-refractivity contribution is 5.90. The van der Waals surface area contributed by atoms with E-state index in [1.165, 1.54) is 0 Å². The van der Waals surface area contributed by atoms with Gasteiger partial charge in [0.2, 0.25) is 0 Å². The maximum Gasteiger partial charge on any atom is 0.321 e. The minimum absolute atomic E-state index is 0.0724. The maximum atomic E-state index is 11.8. The van der Waals surface area contributed by atoms with E-state index in [-0.39, 0.29) is 18.4 Å². The lowest BCUT2D eigenvalue weighted by Crippen LogP contribution is -2.52. The molecule has 1 saturated heterocycles. The molecule has 0 bridgehead atoms. The largest absolute Gasteiger partial charge is 0.481 e. The van der Waals surface area contributed by atoms with Crippen LogP contribution in [0.15, 0.2) is 18.5 Å². The summed E-state index contributed by atoms with van der Waals surface area (Å²) in [4.78, 5) is 27.8. The minimum atomic E-state index is -0.817. The van der Waals surface area contributed by atoms with Crippen LogP contribution in [0.25, 0.3) is 0 Å². The van der Waals surface area contributed by atoms with Crippen LogP contribution in [0.1, 0.15) is 12.0 Å². The average Bonchev–Trinajstić information content (AvgIpc) is 2.25.